The van der Waals surface area contributed by atoms with Crippen molar-refractivity contribution in [3.05, 3.63) is 0 Å². The van der Waals surface area contributed by atoms with Crippen molar-refractivity contribution in [1.29, 1.82) is 0 Å². The number of hydrogen-bond acceptors (Lipinski definition) is 8. The SMILES string of the molecule is [2H]CCCCCCCCCCCC(=O)N[C@@H](CCC(=O)N[C@H](CSC[C@H](N)C(=O)O)C(=O)NCC(=O)O)C(=O)O. The molecule has 0 aromatic rings. The molecule has 0 fully saturated rings. The molecular formula is C25H44N4O9S. The third kappa shape index (κ3) is 19.8. The molecule has 13 nitrogen and oxygen atoms in total. The fourth-order valence-corrected chi connectivity index (χ4v) is 4.44. The molecule has 14 heteroatoms. The third-order valence-corrected chi connectivity index (χ3v) is 6.83. The van der Waals surface area contributed by atoms with Gasteiger partial charge in [-0.2, -0.15) is 11.8 Å². The number of nitrogens with two attached hydrogens (primary N) is 1. The number of aliphatic carboxylic acids is 3. The van der Waals surface area contributed by atoms with Gasteiger partial charge >= 0.3 is 17.9 Å². The summed E-state index contributed by atoms with van der Waals surface area (Å²) in [5.41, 5.74) is 5.42. The van der Waals surface area contributed by atoms with Gasteiger partial charge < -0.3 is 37.0 Å². The van der Waals surface area contributed by atoms with Crippen LogP contribution in [0.3, 0.4) is 0 Å². The number of carboxylic acids is 3. The van der Waals surface area contributed by atoms with Crippen molar-refractivity contribution in [2.75, 3.05) is 18.1 Å². The molecule has 0 spiro atoms. The molecule has 0 heterocycles. The Bertz CT molecular complexity index is 819. The molecule has 3 atom stereocenters. The van der Waals surface area contributed by atoms with E-state index in [1.165, 1.54) is 0 Å². The minimum Gasteiger partial charge on any atom is -0.480 e. The quantitative estimate of drug-likeness (QED) is 0.0803. The Morgan fingerprint density at radius 2 is 1.33 bits per heavy atom. The van der Waals surface area contributed by atoms with Crippen molar-refractivity contribution in [3.63, 3.8) is 0 Å². The Morgan fingerprint density at radius 3 is 1.90 bits per heavy atom. The van der Waals surface area contributed by atoms with Crippen molar-refractivity contribution >= 4 is 47.4 Å². The second kappa shape index (κ2) is 22.0. The van der Waals surface area contributed by atoms with Crippen LogP contribution in [-0.2, 0) is 28.8 Å². The molecule has 0 aliphatic carbocycles. The number of carbonyl (C=O) groups is 6. The number of carboxylic acid groups (broad SMARTS) is 3. The highest BCUT2D eigenvalue weighted by Gasteiger charge is 2.25. The van der Waals surface area contributed by atoms with Gasteiger partial charge in [0.1, 0.15) is 24.7 Å². The lowest BCUT2D eigenvalue weighted by molar-refractivity contribution is -0.142. The summed E-state index contributed by atoms with van der Waals surface area (Å²) in [6.45, 7) is -0.217. The van der Waals surface area contributed by atoms with E-state index in [9.17, 15) is 33.9 Å². The average molecular weight is 578 g/mol. The lowest BCUT2D eigenvalue weighted by Crippen LogP contribution is -2.50. The average Bonchev–Trinajstić information content (AvgIpc) is 2.89. The first kappa shape index (κ1) is 34.2. The van der Waals surface area contributed by atoms with Crippen molar-refractivity contribution in [1.82, 2.24) is 16.0 Å². The lowest BCUT2D eigenvalue weighted by atomic mass is 10.1. The van der Waals surface area contributed by atoms with Crippen LogP contribution in [0.5, 0.6) is 0 Å². The van der Waals surface area contributed by atoms with Gasteiger partial charge in [0.15, 0.2) is 0 Å². The van der Waals surface area contributed by atoms with E-state index in [0.717, 1.165) is 63.1 Å². The fraction of sp³-hybridized carbons (Fsp3) is 0.760. The number of rotatable bonds is 24. The van der Waals surface area contributed by atoms with Gasteiger partial charge in [0, 0.05) is 25.7 Å². The molecule has 0 bridgehead atoms. The summed E-state index contributed by atoms with van der Waals surface area (Å²) < 4.78 is 7.11. The van der Waals surface area contributed by atoms with E-state index >= 15 is 0 Å². The second-order valence-corrected chi connectivity index (χ2v) is 10.2. The van der Waals surface area contributed by atoms with E-state index in [1.54, 1.807) is 0 Å². The van der Waals surface area contributed by atoms with Gasteiger partial charge in [-0.3, -0.25) is 24.0 Å². The molecule has 0 saturated heterocycles. The molecule has 0 aromatic carbocycles. The van der Waals surface area contributed by atoms with Crippen LogP contribution in [0.15, 0.2) is 0 Å². The van der Waals surface area contributed by atoms with Crippen LogP contribution in [0, 0.1) is 0 Å². The van der Waals surface area contributed by atoms with E-state index in [1.807, 2.05) is 0 Å². The van der Waals surface area contributed by atoms with E-state index in [0.29, 0.717) is 13.3 Å². The minimum absolute atomic E-state index is 0.0611. The molecule has 0 aliphatic heterocycles. The summed E-state index contributed by atoms with van der Waals surface area (Å²) in [6.07, 6.45) is 8.53. The highest BCUT2D eigenvalue weighted by Crippen LogP contribution is 2.11. The van der Waals surface area contributed by atoms with Gasteiger partial charge in [0.2, 0.25) is 17.7 Å². The molecule has 8 N–H and O–H groups in total. The number of unbranched alkanes of at least 4 members (excludes halogenated alkanes) is 8. The zero-order chi connectivity index (χ0) is 30.3. The third-order valence-electron chi connectivity index (χ3n) is 5.66. The normalized spacial score (nSPS) is 13.4. The van der Waals surface area contributed by atoms with Crippen molar-refractivity contribution < 1.29 is 45.5 Å². The fourth-order valence-electron chi connectivity index (χ4n) is 3.44. The van der Waals surface area contributed by atoms with Crippen LogP contribution in [0.25, 0.3) is 0 Å². The van der Waals surface area contributed by atoms with Crippen molar-refractivity contribution in [3.8, 4) is 0 Å². The topological polar surface area (TPSA) is 225 Å². The summed E-state index contributed by atoms with van der Waals surface area (Å²) in [4.78, 5) is 70.1. The first-order chi connectivity index (χ1) is 19.0. The largest absolute Gasteiger partial charge is 0.480 e. The summed E-state index contributed by atoms with van der Waals surface area (Å²) in [6, 6.07) is -3.71. The number of nitrogens with one attached hydrogen (secondary N) is 3. The number of thioether (sulfide) groups is 1. The van der Waals surface area contributed by atoms with Gasteiger partial charge in [-0.05, 0) is 12.8 Å². The van der Waals surface area contributed by atoms with Gasteiger partial charge in [0.05, 0.1) is 0 Å². The van der Waals surface area contributed by atoms with Gasteiger partial charge in [-0.25, -0.2) is 4.79 Å². The number of amides is 3. The van der Waals surface area contributed by atoms with Crippen molar-refractivity contribution in [2.24, 2.45) is 5.73 Å². The second-order valence-electron chi connectivity index (χ2n) is 9.14. The molecule has 0 rings (SSSR count). The molecule has 39 heavy (non-hydrogen) atoms. The molecule has 0 aromatic heterocycles. The van der Waals surface area contributed by atoms with Gasteiger partial charge in [-0.15, -0.1) is 0 Å². The van der Waals surface area contributed by atoms with Crippen LogP contribution in [0.2, 0.25) is 0 Å². The smallest absolute Gasteiger partial charge is 0.326 e. The standard InChI is InChI=1S/C25H44N4O9S/c1-2-3-4-5-6-7-8-9-10-11-20(30)28-18(25(37)38)12-13-21(31)29-19(23(34)27-14-22(32)33)16-39-15-17(26)24(35)36/h17-19H,2-16,26H2,1H3,(H,27,34)(H,28,30)(H,29,31)(H,32,33)(H,35,36)(H,37,38)/t17-,18-,19+/m0/s1/i1D. The molecular weight excluding hydrogens is 532 g/mol. The van der Waals surface area contributed by atoms with Crippen LogP contribution in [0.4, 0.5) is 0 Å². The van der Waals surface area contributed by atoms with E-state index < -0.39 is 60.3 Å². The molecule has 0 radical (unpaired) electrons. The lowest BCUT2D eigenvalue weighted by Gasteiger charge is -2.19. The van der Waals surface area contributed by atoms with E-state index in [-0.39, 0.29) is 30.8 Å². The Morgan fingerprint density at radius 1 is 0.769 bits per heavy atom. The first-order valence-corrected chi connectivity index (χ1v) is 14.3. The maximum absolute atomic E-state index is 12.4. The zero-order valence-electron chi connectivity index (χ0n) is 23.3. The highest BCUT2D eigenvalue weighted by molar-refractivity contribution is 7.99. The molecule has 0 aliphatic rings. The molecule has 3 amide bonds. The Kier molecular flexibility index (Phi) is 19.3. The summed E-state index contributed by atoms with van der Waals surface area (Å²) in [5.74, 6) is -5.93. The van der Waals surface area contributed by atoms with Gasteiger partial charge in [0.25, 0.3) is 0 Å². The Labute approximate surface area is 234 Å². The summed E-state index contributed by atoms with van der Waals surface area (Å²) >= 11 is 0.971. The van der Waals surface area contributed by atoms with E-state index in [2.05, 4.69) is 16.0 Å². The first-order valence-electron chi connectivity index (χ1n) is 13.8. The highest BCUT2D eigenvalue weighted by atomic mass is 32.2. The number of carbonyl (C=O) groups excluding carboxylic acids is 3. The summed E-state index contributed by atoms with van der Waals surface area (Å²) in [7, 11) is 0. The van der Waals surface area contributed by atoms with Crippen LogP contribution in [0.1, 0.15) is 85.3 Å². The number of hydrogen-bond donors (Lipinski definition) is 7. The van der Waals surface area contributed by atoms with Gasteiger partial charge in [-0.1, -0.05) is 58.3 Å². The predicted molar refractivity (Wildman–Crippen MR) is 146 cm³/mol. The molecule has 0 saturated carbocycles. The summed E-state index contributed by atoms with van der Waals surface area (Å²) in [5, 5.41) is 34.0. The van der Waals surface area contributed by atoms with Crippen LogP contribution in [-0.4, -0.2) is 87.1 Å². The van der Waals surface area contributed by atoms with Crippen LogP contribution >= 0.6 is 11.8 Å². The predicted octanol–water partition coefficient (Wildman–Crippen LogP) is 1.09. The molecule has 224 valence electrons. The minimum atomic E-state index is -1.31. The molecule has 0 unspecified atom stereocenters. The Balaban J connectivity index is 4.56. The maximum atomic E-state index is 12.4. The maximum Gasteiger partial charge on any atom is 0.326 e. The Hall–Kier alpha value is -2.87. The zero-order valence-corrected chi connectivity index (χ0v) is 23.1. The van der Waals surface area contributed by atoms with Crippen LogP contribution < -0.4 is 21.7 Å². The van der Waals surface area contributed by atoms with E-state index in [4.69, 9.17) is 17.3 Å². The monoisotopic (exact) mass is 577 g/mol. The van der Waals surface area contributed by atoms with Crippen molar-refractivity contribution in [2.45, 2.75) is 102 Å².